The zero-order valence-corrected chi connectivity index (χ0v) is 13.3. The van der Waals surface area contributed by atoms with Gasteiger partial charge >= 0.3 is 0 Å². The number of hydrogen-bond acceptors (Lipinski definition) is 1. The molecule has 2 heteroatoms. The van der Waals surface area contributed by atoms with Gasteiger partial charge in [-0.25, -0.2) is 0 Å². The minimum absolute atomic E-state index is 0.578. The van der Waals surface area contributed by atoms with Crippen molar-refractivity contribution < 1.29 is 4.57 Å². The largest absolute Gasteiger partial charge is 0.270 e. The van der Waals surface area contributed by atoms with Gasteiger partial charge in [-0.15, -0.1) is 0 Å². The zero-order chi connectivity index (χ0) is 14.3. The van der Waals surface area contributed by atoms with Gasteiger partial charge in [0.25, 0.3) is 5.01 Å². The molecule has 2 aromatic carbocycles. The Balaban J connectivity index is 2.23. The standard InChI is InChI=1S/C18H20NS/c1-12(2)14-9-10-16-17(11-14)20-18(19(16)4)15-8-6-5-7-13(15)3/h5-12H,1-4H3/q+1. The summed E-state index contributed by atoms with van der Waals surface area (Å²) in [6, 6.07) is 15.5. The summed E-state index contributed by atoms with van der Waals surface area (Å²) < 4.78 is 3.68. The Morgan fingerprint density at radius 3 is 2.50 bits per heavy atom. The first kappa shape index (κ1) is 13.3. The Morgan fingerprint density at radius 1 is 1.05 bits per heavy atom. The van der Waals surface area contributed by atoms with Crippen LogP contribution in [0.3, 0.4) is 0 Å². The number of aromatic nitrogens is 1. The van der Waals surface area contributed by atoms with Crippen LogP contribution in [0, 0.1) is 6.92 Å². The second kappa shape index (κ2) is 5.02. The van der Waals surface area contributed by atoms with Gasteiger partial charge in [0, 0.05) is 6.07 Å². The second-order valence-electron chi connectivity index (χ2n) is 5.66. The lowest BCUT2D eigenvalue weighted by molar-refractivity contribution is -0.629. The average Bonchev–Trinajstić information content (AvgIpc) is 2.76. The summed E-state index contributed by atoms with van der Waals surface area (Å²) in [5, 5.41) is 1.33. The van der Waals surface area contributed by atoms with Gasteiger partial charge in [-0.05, 0) is 36.1 Å². The van der Waals surface area contributed by atoms with Crippen molar-refractivity contribution in [1.29, 1.82) is 0 Å². The second-order valence-corrected chi connectivity index (χ2v) is 6.69. The third-order valence-electron chi connectivity index (χ3n) is 3.90. The number of hydrogen-bond donors (Lipinski definition) is 0. The molecule has 0 radical (unpaired) electrons. The highest BCUT2D eigenvalue weighted by Gasteiger charge is 2.20. The van der Waals surface area contributed by atoms with Gasteiger partial charge < -0.3 is 0 Å². The minimum Gasteiger partial charge on any atom is -0.184 e. The van der Waals surface area contributed by atoms with E-state index in [1.54, 1.807) is 0 Å². The first-order chi connectivity index (χ1) is 9.58. The molecule has 102 valence electrons. The van der Waals surface area contributed by atoms with Gasteiger partial charge in [0.15, 0.2) is 0 Å². The number of thiazole rings is 1. The summed E-state index contributed by atoms with van der Waals surface area (Å²) >= 11 is 1.89. The highest BCUT2D eigenvalue weighted by Crippen LogP contribution is 2.31. The number of benzene rings is 2. The van der Waals surface area contributed by atoms with E-state index < -0.39 is 0 Å². The van der Waals surface area contributed by atoms with Crippen molar-refractivity contribution in [3.63, 3.8) is 0 Å². The normalized spacial score (nSPS) is 11.4. The van der Waals surface area contributed by atoms with E-state index in [1.165, 1.54) is 31.9 Å². The molecule has 3 aromatic rings. The van der Waals surface area contributed by atoms with E-state index in [2.05, 4.69) is 74.9 Å². The van der Waals surface area contributed by atoms with Gasteiger partial charge in [0.2, 0.25) is 5.52 Å². The minimum atomic E-state index is 0.578. The van der Waals surface area contributed by atoms with Crippen LogP contribution in [0.15, 0.2) is 42.5 Å². The molecule has 0 saturated heterocycles. The predicted octanol–water partition coefficient (Wildman–Crippen LogP) is 4.82. The van der Waals surface area contributed by atoms with Crippen molar-refractivity contribution >= 4 is 21.6 Å². The van der Waals surface area contributed by atoms with Crippen molar-refractivity contribution in [1.82, 2.24) is 0 Å². The van der Waals surface area contributed by atoms with Gasteiger partial charge in [-0.1, -0.05) is 49.4 Å². The van der Waals surface area contributed by atoms with Crippen LogP contribution in [0.4, 0.5) is 0 Å². The van der Waals surface area contributed by atoms with E-state index in [0.717, 1.165) is 0 Å². The Labute approximate surface area is 124 Å². The fraction of sp³-hybridized carbons (Fsp3) is 0.278. The molecule has 0 fully saturated rings. The molecule has 20 heavy (non-hydrogen) atoms. The van der Waals surface area contributed by atoms with Crippen LogP contribution < -0.4 is 4.57 Å². The highest BCUT2D eigenvalue weighted by atomic mass is 32.1. The number of nitrogens with zero attached hydrogens (tertiary/aromatic N) is 1. The van der Waals surface area contributed by atoms with E-state index >= 15 is 0 Å². The van der Waals surface area contributed by atoms with Crippen LogP contribution in [0.25, 0.3) is 20.8 Å². The first-order valence-corrected chi connectivity index (χ1v) is 7.88. The maximum atomic E-state index is 2.34. The SMILES string of the molecule is Cc1ccccc1-c1sc2cc(C(C)C)ccc2[n+]1C. The van der Waals surface area contributed by atoms with Crippen LogP contribution >= 0.6 is 11.3 Å². The monoisotopic (exact) mass is 282 g/mol. The Kier molecular flexibility index (Phi) is 3.35. The third-order valence-corrected chi connectivity index (χ3v) is 5.13. The average molecular weight is 282 g/mol. The van der Waals surface area contributed by atoms with Crippen molar-refractivity contribution in [2.45, 2.75) is 26.7 Å². The van der Waals surface area contributed by atoms with E-state index in [9.17, 15) is 0 Å². The Hall–Kier alpha value is -1.67. The summed E-state index contributed by atoms with van der Waals surface area (Å²) in [6.07, 6.45) is 0. The summed E-state index contributed by atoms with van der Waals surface area (Å²) in [5.41, 5.74) is 5.40. The number of aryl methyl sites for hydroxylation is 2. The third kappa shape index (κ3) is 2.14. The molecular formula is C18H20NS+. The van der Waals surface area contributed by atoms with Crippen LogP contribution in [0.2, 0.25) is 0 Å². The number of rotatable bonds is 2. The molecular weight excluding hydrogens is 262 g/mol. The highest BCUT2D eigenvalue weighted by molar-refractivity contribution is 7.21. The maximum Gasteiger partial charge on any atom is 0.270 e. The quantitative estimate of drug-likeness (QED) is 0.593. The molecule has 0 saturated carbocycles. The van der Waals surface area contributed by atoms with Crippen molar-refractivity contribution in [2.24, 2.45) is 7.05 Å². The summed E-state index contributed by atoms with van der Waals surface area (Å²) in [6.45, 7) is 6.67. The van der Waals surface area contributed by atoms with Gasteiger partial charge in [-0.3, -0.25) is 0 Å². The van der Waals surface area contributed by atoms with Gasteiger partial charge in [-0.2, -0.15) is 4.57 Å². The molecule has 0 aliphatic heterocycles. The molecule has 0 N–H and O–H groups in total. The van der Waals surface area contributed by atoms with Gasteiger partial charge in [0.05, 0.1) is 5.56 Å². The van der Waals surface area contributed by atoms with Crippen molar-refractivity contribution in [2.75, 3.05) is 0 Å². The van der Waals surface area contributed by atoms with E-state index in [0.29, 0.717) is 5.92 Å². The smallest absolute Gasteiger partial charge is 0.184 e. The lowest BCUT2D eigenvalue weighted by atomic mass is 10.0. The summed E-state index contributed by atoms with van der Waals surface area (Å²) in [7, 11) is 2.16. The topological polar surface area (TPSA) is 3.88 Å². The Bertz CT molecular complexity index is 768. The molecule has 3 rings (SSSR count). The molecule has 1 nitrogen and oxygen atoms in total. The van der Waals surface area contributed by atoms with Gasteiger partial charge in [0.1, 0.15) is 11.7 Å². The van der Waals surface area contributed by atoms with Crippen LogP contribution in [-0.2, 0) is 7.05 Å². The molecule has 0 unspecified atom stereocenters. The van der Waals surface area contributed by atoms with E-state index in [1.807, 2.05) is 11.3 Å². The molecule has 0 aliphatic carbocycles. The fourth-order valence-corrected chi connectivity index (χ4v) is 3.87. The van der Waals surface area contributed by atoms with Crippen molar-refractivity contribution in [3.8, 4) is 10.6 Å². The van der Waals surface area contributed by atoms with Crippen molar-refractivity contribution in [3.05, 3.63) is 53.6 Å². The molecule has 0 aliphatic rings. The van der Waals surface area contributed by atoms with Crippen LogP contribution in [0.1, 0.15) is 30.9 Å². The molecule has 0 amide bonds. The number of fused-ring (bicyclic) bond motifs is 1. The molecule has 0 atom stereocenters. The molecule has 0 spiro atoms. The molecule has 0 bridgehead atoms. The molecule has 1 heterocycles. The lowest BCUT2D eigenvalue weighted by Crippen LogP contribution is -2.28. The Morgan fingerprint density at radius 2 is 1.80 bits per heavy atom. The predicted molar refractivity (Wildman–Crippen MR) is 87.3 cm³/mol. The summed E-state index contributed by atoms with van der Waals surface area (Å²) in [4.78, 5) is 0. The van der Waals surface area contributed by atoms with Crippen LogP contribution in [-0.4, -0.2) is 0 Å². The summed E-state index contributed by atoms with van der Waals surface area (Å²) in [5.74, 6) is 0.578. The fourth-order valence-electron chi connectivity index (χ4n) is 2.58. The molecule has 1 aromatic heterocycles. The lowest BCUT2D eigenvalue weighted by Gasteiger charge is -2.02. The first-order valence-electron chi connectivity index (χ1n) is 7.06. The van der Waals surface area contributed by atoms with E-state index in [4.69, 9.17) is 0 Å². The zero-order valence-electron chi connectivity index (χ0n) is 12.5. The van der Waals surface area contributed by atoms with E-state index in [-0.39, 0.29) is 0 Å². The maximum absolute atomic E-state index is 2.34. The van der Waals surface area contributed by atoms with Crippen LogP contribution in [0.5, 0.6) is 0 Å².